The number of benzene rings is 1. The third-order valence-corrected chi connectivity index (χ3v) is 5.13. The molecule has 126 valence electrons. The summed E-state index contributed by atoms with van der Waals surface area (Å²) in [4.78, 5) is 2.51. The maximum absolute atomic E-state index is 4.30. The van der Waals surface area contributed by atoms with Crippen LogP contribution in [-0.2, 0) is 11.8 Å². The Hall–Kier alpha value is -1.50. The number of hydrogen-bond donors (Lipinski definition) is 0. The highest BCUT2D eigenvalue weighted by molar-refractivity contribution is 5.33. The summed E-state index contributed by atoms with van der Waals surface area (Å²) < 4.78 is 0. The molecule has 1 heteroatoms. The van der Waals surface area contributed by atoms with Gasteiger partial charge in [-0.25, -0.2) is 0 Å². The third-order valence-electron chi connectivity index (χ3n) is 5.13. The molecular formula is C22H33N. The first-order chi connectivity index (χ1) is 10.8. The molecule has 0 amide bonds. The largest absolute Gasteiger partial charge is 0.369 e. The zero-order valence-corrected chi connectivity index (χ0v) is 15.5. The van der Waals surface area contributed by atoms with Crippen molar-refractivity contribution in [1.82, 2.24) is 4.90 Å². The van der Waals surface area contributed by atoms with Gasteiger partial charge in [-0.2, -0.15) is 0 Å². The molecule has 0 aliphatic carbocycles. The fourth-order valence-corrected chi connectivity index (χ4v) is 3.69. The number of aryl methyl sites for hydroxylation is 1. The Morgan fingerprint density at radius 2 is 1.91 bits per heavy atom. The second-order valence-electron chi connectivity index (χ2n) is 7.84. The molecule has 0 saturated carbocycles. The highest BCUT2D eigenvalue weighted by Crippen LogP contribution is 2.31. The number of allylic oxidation sites excluding steroid dienone is 1. The van der Waals surface area contributed by atoms with Gasteiger partial charge in [-0.05, 0) is 54.2 Å². The molecule has 0 bridgehead atoms. The zero-order valence-electron chi connectivity index (χ0n) is 15.5. The van der Waals surface area contributed by atoms with Crippen LogP contribution in [0, 0.1) is 0 Å². The summed E-state index contributed by atoms with van der Waals surface area (Å²) in [6, 6.07) is 9.56. The molecule has 1 fully saturated rings. The lowest BCUT2D eigenvalue weighted by molar-refractivity contribution is 0.310. The molecule has 0 N–H and O–H groups in total. The van der Waals surface area contributed by atoms with Crippen LogP contribution in [0.15, 0.2) is 48.7 Å². The van der Waals surface area contributed by atoms with Gasteiger partial charge in [0.05, 0.1) is 0 Å². The smallest absolute Gasteiger partial charge is 0.0322 e. The number of likely N-dealkylation sites (tertiary alicyclic amines) is 1. The molecule has 0 spiro atoms. The molecule has 1 aliphatic rings. The van der Waals surface area contributed by atoms with E-state index in [0.29, 0.717) is 6.04 Å². The van der Waals surface area contributed by atoms with Crippen LogP contribution < -0.4 is 0 Å². The van der Waals surface area contributed by atoms with Gasteiger partial charge in [0.2, 0.25) is 0 Å². The average Bonchev–Trinajstić information content (AvgIpc) is 2.99. The molecule has 1 aromatic carbocycles. The van der Waals surface area contributed by atoms with Gasteiger partial charge in [0.15, 0.2) is 0 Å². The van der Waals surface area contributed by atoms with Gasteiger partial charge in [-0.15, -0.1) is 0 Å². The molecule has 1 aliphatic heterocycles. The van der Waals surface area contributed by atoms with Gasteiger partial charge in [0.1, 0.15) is 0 Å². The number of hydrogen-bond acceptors (Lipinski definition) is 1. The fraction of sp³-hybridized carbons (Fsp3) is 0.545. The standard InChI is InChI=1S/C22H33N/c1-7-17(2)18(3)23-16-10-12-20(23)15-14-19-11-8-9-13-21(19)22(4,5)6/h8-9,11,13,20H,2-3,7,10,12,14-16H2,1,4-6H3. The first-order valence-electron chi connectivity index (χ1n) is 9.06. The van der Waals surface area contributed by atoms with Gasteiger partial charge in [-0.3, -0.25) is 0 Å². The van der Waals surface area contributed by atoms with Crippen LogP contribution in [0.4, 0.5) is 0 Å². The maximum Gasteiger partial charge on any atom is 0.0322 e. The predicted molar refractivity (Wildman–Crippen MR) is 102 cm³/mol. The summed E-state index contributed by atoms with van der Waals surface area (Å²) in [7, 11) is 0. The zero-order chi connectivity index (χ0) is 17.0. The molecule has 23 heavy (non-hydrogen) atoms. The summed E-state index contributed by atoms with van der Waals surface area (Å²) in [5.74, 6) is 0. The van der Waals surface area contributed by atoms with Gasteiger partial charge in [0.25, 0.3) is 0 Å². The summed E-state index contributed by atoms with van der Waals surface area (Å²) in [5.41, 5.74) is 5.56. The minimum absolute atomic E-state index is 0.214. The summed E-state index contributed by atoms with van der Waals surface area (Å²) in [6.45, 7) is 18.7. The van der Waals surface area contributed by atoms with Crippen LogP contribution in [0.5, 0.6) is 0 Å². The van der Waals surface area contributed by atoms with E-state index in [2.05, 4.69) is 70.0 Å². The van der Waals surface area contributed by atoms with Crippen molar-refractivity contribution in [2.45, 2.75) is 71.3 Å². The normalized spacial score (nSPS) is 18.3. The summed E-state index contributed by atoms with van der Waals surface area (Å²) in [5, 5.41) is 0. The monoisotopic (exact) mass is 311 g/mol. The van der Waals surface area contributed by atoms with Gasteiger partial charge < -0.3 is 4.90 Å². The van der Waals surface area contributed by atoms with Gasteiger partial charge in [-0.1, -0.05) is 65.1 Å². The Labute approximate surface area is 143 Å². The molecule has 0 radical (unpaired) electrons. The van der Waals surface area contributed by atoms with E-state index in [-0.39, 0.29) is 5.41 Å². The first kappa shape index (κ1) is 17.8. The van der Waals surface area contributed by atoms with Crippen molar-refractivity contribution in [2.24, 2.45) is 0 Å². The lowest BCUT2D eigenvalue weighted by Crippen LogP contribution is -2.29. The van der Waals surface area contributed by atoms with E-state index in [9.17, 15) is 0 Å². The van der Waals surface area contributed by atoms with Crippen LogP contribution in [0.3, 0.4) is 0 Å². The highest BCUT2D eigenvalue weighted by atomic mass is 15.2. The van der Waals surface area contributed by atoms with Crippen LogP contribution in [0.25, 0.3) is 0 Å². The quantitative estimate of drug-likeness (QED) is 0.595. The second kappa shape index (κ2) is 7.38. The minimum atomic E-state index is 0.214. The van der Waals surface area contributed by atoms with Gasteiger partial charge >= 0.3 is 0 Å². The van der Waals surface area contributed by atoms with E-state index in [1.165, 1.54) is 41.7 Å². The molecule has 1 unspecified atom stereocenters. The molecule has 1 nitrogen and oxygen atoms in total. The lowest BCUT2D eigenvalue weighted by atomic mass is 9.82. The Morgan fingerprint density at radius 3 is 2.57 bits per heavy atom. The predicted octanol–water partition coefficient (Wildman–Crippen LogP) is 5.86. The summed E-state index contributed by atoms with van der Waals surface area (Å²) >= 11 is 0. The van der Waals surface area contributed by atoms with Crippen LogP contribution in [-0.4, -0.2) is 17.5 Å². The number of rotatable bonds is 6. The van der Waals surface area contributed by atoms with E-state index >= 15 is 0 Å². The van der Waals surface area contributed by atoms with Crippen molar-refractivity contribution >= 4 is 0 Å². The van der Waals surface area contributed by atoms with Crippen molar-refractivity contribution < 1.29 is 0 Å². The Morgan fingerprint density at radius 1 is 1.22 bits per heavy atom. The molecule has 1 saturated heterocycles. The van der Waals surface area contributed by atoms with Crippen molar-refractivity contribution in [3.8, 4) is 0 Å². The van der Waals surface area contributed by atoms with Crippen LogP contribution >= 0.6 is 0 Å². The molecule has 1 aromatic rings. The van der Waals surface area contributed by atoms with Crippen molar-refractivity contribution in [3.05, 3.63) is 59.8 Å². The minimum Gasteiger partial charge on any atom is -0.369 e. The van der Waals surface area contributed by atoms with E-state index in [0.717, 1.165) is 19.4 Å². The topological polar surface area (TPSA) is 3.24 Å². The summed E-state index contributed by atoms with van der Waals surface area (Å²) in [6.07, 6.45) is 5.92. The van der Waals surface area contributed by atoms with Crippen LogP contribution in [0.1, 0.15) is 64.5 Å². The van der Waals surface area contributed by atoms with E-state index < -0.39 is 0 Å². The van der Waals surface area contributed by atoms with E-state index in [1.807, 2.05) is 0 Å². The molecule has 1 atom stereocenters. The second-order valence-corrected chi connectivity index (χ2v) is 7.84. The highest BCUT2D eigenvalue weighted by Gasteiger charge is 2.26. The van der Waals surface area contributed by atoms with Gasteiger partial charge in [0, 0.05) is 18.3 Å². The SMILES string of the molecule is C=C(CC)C(=C)N1CCCC1CCc1ccccc1C(C)(C)C. The number of nitrogens with zero attached hydrogens (tertiary/aromatic N) is 1. The third kappa shape index (κ3) is 4.28. The van der Waals surface area contributed by atoms with Crippen molar-refractivity contribution in [3.63, 3.8) is 0 Å². The molecular weight excluding hydrogens is 278 g/mol. The Balaban J connectivity index is 2.06. The van der Waals surface area contributed by atoms with Crippen molar-refractivity contribution in [1.29, 1.82) is 0 Å². The molecule has 1 heterocycles. The molecule has 0 aromatic heterocycles. The Kier molecular flexibility index (Phi) is 5.73. The van der Waals surface area contributed by atoms with Crippen molar-refractivity contribution in [2.75, 3.05) is 6.54 Å². The average molecular weight is 312 g/mol. The molecule has 2 rings (SSSR count). The first-order valence-corrected chi connectivity index (χ1v) is 9.06. The van der Waals surface area contributed by atoms with E-state index in [1.54, 1.807) is 0 Å². The lowest BCUT2D eigenvalue weighted by Gasteiger charge is -2.30. The fourth-order valence-electron chi connectivity index (χ4n) is 3.69. The van der Waals surface area contributed by atoms with Crippen LogP contribution in [0.2, 0.25) is 0 Å². The van der Waals surface area contributed by atoms with E-state index in [4.69, 9.17) is 0 Å². The Bertz CT molecular complexity index is 562. The maximum atomic E-state index is 4.30.